The van der Waals surface area contributed by atoms with Crippen LogP contribution in [0.15, 0.2) is 41.8 Å². The van der Waals surface area contributed by atoms with Crippen molar-refractivity contribution in [1.82, 2.24) is 14.8 Å². The van der Waals surface area contributed by atoms with Gasteiger partial charge < -0.3 is 0 Å². The van der Waals surface area contributed by atoms with Gasteiger partial charge in [0, 0.05) is 0 Å². The Morgan fingerprint density at radius 3 is 3.00 bits per heavy atom. The number of benzene rings is 1. The lowest BCUT2D eigenvalue weighted by Crippen LogP contribution is -2.09. The zero-order valence-electron chi connectivity index (χ0n) is 10.7. The van der Waals surface area contributed by atoms with Gasteiger partial charge in [0.05, 0.1) is 10.9 Å². The second kappa shape index (κ2) is 4.68. The highest BCUT2D eigenvalue weighted by Gasteiger charge is 2.26. The van der Waals surface area contributed by atoms with Crippen molar-refractivity contribution in [2.24, 2.45) is 0 Å². The third kappa shape index (κ3) is 1.77. The van der Waals surface area contributed by atoms with Crippen LogP contribution in [-0.2, 0) is 6.42 Å². The van der Waals surface area contributed by atoms with Crippen molar-refractivity contribution >= 4 is 23.6 Å². The first kappa shape index (κ1) is 12.1. The van der Waals surface area contributed by atoms with Crippen LogP contribution in [0.3, 0.4) is 0 Å². The summed E-state index contributed by atoms with van der Waals surface area (Å²) < 4.78 is 2.88. The Labute approximate surface area is 125 Å². The van der Waals surface area contributed by atoms with Crippen LogP contribution in [0.5, 0.6) is 0 Å². The summed E-state index contributed by atoms with van der Waals surface area (Å²) in [6, 6.07) is 13.1. The molecular formula is C15H13N3S2. The average Bonchev–Trinajstić information content (AvgIpc) is 3.16. The van der Waals surface area contributed by atoms with E-state index in [9.17, 15) is 0 Å². The molecule has 0 aliphatic heterocycles. The fourth-order valence-electron chi connectivity index (χ4n) is 2.98. The lowest BCUT2D eigenvalue weighted by atomic mass is 10.1. The van der Waals surface area contributed by atoms with Crippen molar-refractivity contribution in [3.05, 3.63) is 57.7 Å². The summed E-state index contributed by atoms with van der Waals surface area (Å²) in [5.74, 6) is 0.951. The summed E-state index contributed by atoms with van der Waals surface area (Å²) in [5.41, 5.74) is 2.81. The van der Waals surface area contributed by atoms with Crippen molar-refractivity contribution in [1.29, 1.82) is 0 Å². The van der Waals surface area contributed by atoms with E-state index in [0.29, 0.717) is 10.8 Å². The van der Waals surface area contributed by atoms with Gasteiger partial charge in [-0.05, 0) is 47.6 Å². The van der Waals surface area contributed by atoms with Gasteiger partial charge >= 0.3 is 0 Å². The van der Waals surface area contributed by atoms with Gasteiger partial charge in [0.15, 0.2) is 10.6 Å². The molecule has 0 radical (unpaired) electrons. The molecule has 1 aliphatic rings. The molecular weight excluding hydrogens is 286 g/mol. The maximum Gasteiger partial charge on any atom is 0.196 e. The molecule has 4 rings (SSSR count). The normalized spacial score (nSPS) is 17.3. The number of fused-ring (bicyclic) bond motifs is 1. The monoisotopic (exact) mass is 299 g/mol. The molecule has 100 valence electrons. The number of H-pyrrole nitrogens is 1. The minimum Gasteiger partial charge on any atom is -0.292 e. The standard InChI is InChI=1S/C15H13N3S2/c19-15-17-16-14(13-6-3-9-20-13)18(15)12-8-7-10-4-1-2-5-11(10)12/h1-6,9,12H,7-8H2,(H,17,19)/t12-/m0/s1. The molecule has 0 unspecified atom stereocenters. The predicted octanol–water partition coefficient (Wildman–Crippen LogP) is 4.20. The van der Waals surface area contributed by atoms with Crippen molar-refractivity contribution in [2.45, 2.75) is 18.9 Å². The van der Waals surface area contributed by atoms with Crippen LogP contribution in [0.4, 0.5) is 0 Å². The zero-order chi connectivity index (χ0) is 13.5. The summed E-state index contributed by atoms with van der Waals surface area (Å²) in [6.07, 6.45) is 2.20. The Bertz CT molecular complexity index is 799. The number of nitrogens with zero attached hydrogens (tertiary/aromatic N) is 2. The van der Waals surface area contributed by atoms with Crippen LogP contribution in [0.1, 0.15) is 23.6 Å². The van der Waals surface area contributed by atoms with E-state index in [1.807, 2.05) is 6.07 Å². The number of thiophene rings is 1. The molecule has 1 aliphatic carbocycles. The van der Waals surface area contributed by atoms with E-state index in [-0.39, 0.29) is 0 Å². The van der Waals surface area contributed by atoms with Gasteiger partial charge in [0.1, 0.15) is 0 Å². The number of aromatic amines is 1. The van der Waals surface area contributed by atoms with Crippen molar-refractivity contribution in [2.75, 3.05) is 0 Å². The zero-order valence-corrected chi connectivity index (χ0v) is 12.4. The van der Waals surface area contributed by atoms with Crippen molar-refractivity contribution in [3.8, 4) is 10.7 Å². The molecule has 0 fully saturated rings. The van der Waals surface area contributed by atoms with E-state index in [0.717, 1.165) is 23.5 Å². The van der Waals surface area contributed by atoms with Crippen molar-refractivity contribution in [3.63, 3.8) is 0 Å². The van der Waals surface area contributed by atoms with Crippen LogP contribution in [0.25, 0.3) is 10.7 Å². The summed E-state index contributed by atoms with van der Waals surface area (Å²) >= 11 is 7.16. The number of hydrogen-bond acceptors (Lipinski definition) is 3. The van der Waals surface area contributed by atoms with Gasteiger partial charge in [-0.3, -0.25) is 9.67 Å². The number of aromatic nitrogens is 3. The van der Waals surface area contributed by atoms with Crippen LogP contribution >= 0.6 is 23.6 Å². The average molecular weight is 299 g/mol. The SMILES string of the molecule is S=c1[nH]nc(-c2cccs2)n1[C@H]1CCc2ccccc21. The lowest BCUT2D eigenvalue weighted by Gasteiger charge is -2.15. The first-order valence-electron chi connectivity index (χ1n) is 6.63. The molecule has 20 heavy (non-hydrogen) atoms. The number of aryl methyl sites for hydroxylation is 1. The minimum absolute atomic E-state index is 0.301. The Morgan fingerprint density at radius 2 is 2.15 bits per heavy atom. The fourth-order valence-corrected chi connectivity index (χ4v) is 3.95. The molecule has 0 saturated carbocycles. The summed E-state index contributed by atoms with van der Waals surface area (Å²) in [7, 11) is 0. The molecule has 1 N–H and O–H groups in total. The Morgan fingerprint density at radius 1 is 1.25 bits per heavy atom. The van der Waals surface area contributed by atoms with E-state index >= 15 is 0 Å². The summed E-state index contributed by atoms with van der Waals surface area (Å²) in [5, 5.41) is 9.46. The summed E-state index contributed by atoms with van der Waals surface area (Å²) in [4.78, 5) is 1.15. The second-order valence-corrected chi connectivity index (χ2v) is 6.29. The first-order chi connectivity index (χ1) is 9.84. The second-order valence-electron chi connectivity index (χ2n) is 4.95. The molecule has 1 atom stereocenters. The first-order valence-corrected chi connectivity index (χ1v) is 7.92. The van der Waals surface area contributed by atoms with Gasteiger partial charge in [-0.25, -0.2) is 0 Å². The maximum absolute atomic E-state index is 5.46. The molecule has 0 bridgehead atoms. The third-order valence-electron chi connectivity index (χ3n) is 3.86. The molecule has 1 aromatic carbocycles. The Kier molecular flexibility index (Phi) is 2.82. The topological polar surface area (TPSA) is 33.6 Å². The van der Waals surface area contributed by atoms with Crippen LogP contribution < -0.4 is 0 Å². The molecule has 5 heteroatoms. The third-order valence-corrected chi connectivity index (χ3v) is 5.01. The molecule has 3 nitrogen and oxygen atoms in total. The number of rotatable bonds is 2. The number of hydrogen-bond donors (Lipinski definition) is 1. The Hall–Kier alpha value is -1.72. The van der Waals surface area contributed by atoms with E-state index in [1.165, 1.54) is 11.1 Å². The van der Waals surface area contributed by atoms with Crippen LogP contribution in [0, 0.1) is 4.77 Å². The lowest BCUT2D eigenvalue weighted by molar-refractivity contribution is 0.578. The molecule has 2 aromatic heterocycles. The predicted molar refractivity (Wildman–Crippen MR) is 83.6 cm³/mol. The largest absolute Gasteiger partial charge is 0.292 e. The van der Waals surface area contributed by atoms with E-state index < -0.39 is 0 Å². The fraction of sp³-hybridized carbons (Fsp3) is 0.200. The van der Waals surface area contributed by atoms with E-state index in [2.05, 4.69) is 50.5 Å². The van der Waals surface area contributed by atoms with Crippen LogP contribution in [-0.4, -0.2) is 14.8 Å². The highest BCUT2D eigenvalue weighted by Crippen LogP contribution is 2.37. The molecule has 2 heterocycles. The van der Waals surface area contributed by atoms with Gasteiger partial charge in [-0.15, -0.1) is 11.3 Å². The highest BCUT2D eigenvalue weighted by atomic mass is 32.1. The Balaban J connectivity index is 1.89. The molecule has 0 spiro atoms. The van der Waals surface area contributed by atoms with Crippen LogP contribution in [0.2, 0.25) is 0 Å². The van der Waals surface area contributed by atoms with Crippen molar-refractivity contribution < 1.29 is 0 Å². The highest BCUT2D eigenvalue weighted by molar-refractivity contribution is 7.71. The van der Waals surface area contributed by atoms with E-state index in [1.54, 1.807) is 11.3 Å². The minimum atomic E-state index is 0.301. The van der Waals surface area contributed by atoms with Gasteiger partial charge in [-0.2, -0.15) is 5.10 Å². The van der Waals surface area contributed by atoms with Gasteiger partial charge in [0.25, 0.3) is 0 Å². The van der Waals surface area contributed by atoms with Gasteiger partial charge in [0.2, 0.25) is 0 Å². The smallest absolute Gasteiger partial charge is 0.196 e. The summed E-state index contributed by atoms with van der Waals surface area (Å²) in [6.45, 7) is 0. The molecule has 0 saturated heterocycles. The maximum atomic E-state index is 5.46. The van der Waals surface area contributed by atoms with Gasteiger partial charge in [-0.1, -0.05) is 30.3 Å². The quantitative estimate of drug-likeness (QED) is 0.719. The number of nitrogens with one attached hydrogen (secondary N) is 1. The van der Waals surface area contributed by atoms with E-state index in [4.69, 9.17) is 12.2 Å². The molecule has 3 aromatic rings. The molecule has 0 amide bonds.